The number of rotatable bonds is 21. The number of nitrogens with one attached hydrogen (secondary N) is 1. The number of aromatic amines is 1. The molecule has 4 saturated heterocycles. The first kappa shape index (κ1) is 58.2. The molecule has 5 aliphatic rings. The van der Waals surface area contributed by atoms with Crippen molar-refractivity contribution in [2.24, 2.45) is 34.4 Å². The SMILES string of the molecule is CN1CCN(c2ccc3nc(-c4ccc(OCCn5cc(CCCCc6cn(C[C@H]7OC(O[C@@H]8C(O)[C@H](N)CC(N)[C@H]8O[C@H]8OC(CN)[C@@H](O)[C@H](O)C8N)[C@@H](O)[C@H]7O[C@H]7O[C@@H](CN)[C@@H](O)C(O)C7N)nn6)nn5)cc4)[nH]c3c2)CC1. The van der Waals surface area contributed by atoms with Crippen LogP contribution in [0.2, 0.25) is 0 Å². The molecule has 0 radical (unpaired) electrons. The quantitative estimate of drug-likeness (QED) is 0.0306. The second-order valence-corrected chi connectivity index (χ2v) is 21.6. The Balaban J connectivity index is 0.718. The van der Waals surface area contributed by atoms with Crippen LogP contribution in [0.4, 0.5) is 5.69 Å². The Morgan fingerprint density at radius 3 is 1.86 bits per heavy atom. The average molecular weight is 1120 g/mol. The van der Waals surface area contributed by atoms with Gasteiger partial charge in [-0.2, -0.15) is 0 Å². The smallest absolute Gasteiger partial charge is 0.187 e. The molecular formula is C51H78N16O13. The number of likely N-dealkylation sites (N-methyl/N-ethyl adjacent to an activating group) is 1. The van der Waals surface area contributed by atoms with Gasteiger partial charge in [0.05, 0.1) is 53.7 Å². The van der Waals surface area contributed by atoms with E-state index in [2.05, 4.69) is 60.7 Å². The van der Waals surface area contributed by atoms with Crippen LogP contribution in [0.5, 0.6) is 5.75 Å². The fourth-order valence-corrected chi connectivity index (χ4v) is 11.0. The molecule has 29 heteroatoms. The number of hydrogen-bond acceptors (Lipinski definition) is 26. The predicted molar refractivity (Wildman–Crippen MR) is 285 cm³/mol. The van der Waals surface area contributed by atoms with Gasteiger partial charge in [0.2, 0.25) is 0 Å². The number of aliphatic hydroxyl groups is 6. The van der Waals surface area contributed by atoms with Crippen LogP contribution in [0.1, 0.15) is 30.7 Å². The predicted octanol–water partition coefficient (Wildman–Crippen LogP) is -5.06. The highest BCUT2D eigenvalue weighted by Gasteiger charge is 2.54. The van der Waals surface area contributed by atoms with Gasteiger partial charge in [0.25, 0.3) is 0 Å². The molecule has 0 bridgehead atoms. The number of nitrogens with two attached hydrogens (primary N) is 6. The third-order valence-electron chi connectivity index (χ3n) is 15.9. The molecule has 7 heterocycles. The largest absolute Gasteiger partial charge is 0.492 e. The lowest BCUT2D eigenvalue weighted by atomic mass is 9.84. The molecule has 2 aromatic carbocycles. The first-order valence-electron chi connectivity index (χ1n) is 27.4. The van der Waals surface area contributed by atoms with E-state index in [4.69, 9.17) is 72.5 Å². The van der Waals surface area contributed by atoms with Crippen molar-refractivity contribution in [3.8, 4) is 17.1 Å². The van der Waals surface area contributed by atoms with Crippen molar-refractivity contribution in [2.75, 3.05) is 57.8 Å². The van der Waals surface area contributed by atoms with E-state index in [9.17, 15) is 30.6 Å². The molecule has 7 unspecified atom stereocenters. The van der Waals surface area contributed by atoms with Gasteiger partial charge in [-0.15, -0.1) is 10.2 Å². The number of H-pyrrole nitrogens is 1. The number of benzene rings is 2. The summed E-state index contributed by atoms with van der Waals surface area (Å²) in [5.74, 6) is 1.54. The van der Waals surface area contributed by atoms with Crippen molar-refractivity contribution in [3.05, 3.63) is 66.2 Å². The first-order valence-corrected chi connectivity index (χ1v) is 27.4. The molecule has 3 aromatic heterocycles. The third kappa shape index (κ3) is 13.0. The molecule has 10 rings (SSSR count). The maximum Gasteiger partial charge on any atom is 0.187 e. The molecule has 19 N–H and O–H groups in total. The Kier molecular flexibility index (Phi) is 18.7. The van der Waals surface area contributed by atoms with Crippen molar-refractivity contribution in [2.45, 2.75) is 161 Å². The molecule has 0 amide bonds. The Labute approximate surface area is 461 Å². The van der Waals surface area contributed by atoms with Gasteiger partial charge in [-0.3, -0.25) is 0 Å². The van der Waals surface area contributed by atoms with Crippen molar-refractivity contribution >= 4 is 16.7 Å². The van der Waals surface area contributed by atoms with Crippen LogP contribution in [-0.4, -0.2) is 245 Å². The number of nitrogens with zero attached hydrogens (tertiary/aromatic N) is 9. The molecule has 4 aliphatic heterocycles. The fourth-order valence-electron chi connectivity index (χ4n) is 11.0. The van der Waals surface area contributed by atoms with Gasteiger partial charge in [-0.1, -0.05) is 10.4 Å². The van der Waals surface area contributed by atoms with Gasteiger partial charge in [0.1, 0.15) is 85.3 Å². The third-order valence-corrected chi connectivity index (χ3v) is 15.9. The molecule has 1 saturated carbocycles. The van der Waals surface area contributed by atoms with Crippen LogP contribution in [0.15, 0.2) is 54.9 Å². The van der Waals surface area contributed by atoms with Crippen molar-refractivity contribution in [1.82, 2.24) is 44.9 Å². The molecule has 0 spiro atoms. The number of fused-ring (bicyclic) bond motifs is 1. The van der Waals surface area contributed by atoms with Crippen LogP contribution < -0.4 is 44.0 Å². The maximum atomic E-state index is 11.9. The maximum absolute atomic E-state index is 11.9. The van der Waals surface area contributed by atoms with Crippen LogP contribution in [0.25, 0.3) is 22.4 Å². The summed E-state index contributed by atoms with van der Waals surface area (Å²) < 4.78 is 46.1. The van der Waals surface area contributed by atoms with Gasteiger partial charge in [0.15, 0.2) is 18.9 Å². The van der Waals surface area contributed by atoms with Crippen LogP contribution in [0.3, 0.4) is 0 Å². The number of anilines is 1. The van der Waals surface area contributed by atoms with E-state index >= 15 is 0 Å². The van der Waals surface area contributed by atoms with Crippen molar-refractivity contribution in [3.63, 3.8) is 0 Å². The van der Waals surface area contributed by atoms with E-state index in [1.54, 1.807) is 10.9 Å². The lowest BCUT2D eigenvalue weighted by Gasteiger charge is -2.47. The van der Waals surface area contributed by atoms with Crippen molar-refractivity contribution < 1.29 is 63.8 Å². The summed E-state index contributed by atoms with van der Waals surface area (Å²) in [5.41, 5.74) is 42.6. The minimum absolute atomic E-state index is 0.0429. The number of ether oxygens (including phenoxy) is 7. The highest BCUT2D eigenvalue weighted by molar-refractivity contribution is 5.83. The number of aryl methyl sites for hydroxylation is 2. The number of imidazole rings is 1. The standard InChI is InChI=1S/C51H78N16O13/c1-64-12-14-65(15-13-64)28-8-11-32-33(18-28)59-48(58-32)25-6-9-29(10-7-25)74-17-16-66-22-26(60-62-66)4-2-3-5-27-23-67(63-61-27)24-36-46(79-50-38(57)43(72)41(70)35(21-53)76-50)44(73)51(77-36)80-47-39(68)30(54)19-31(55)45(47)78-49-37(56)42(71)40(69)34(20-52)75-49/h6-11,18,22-23,30-31,34-47,49-51,68-73H,2-5,12-17,19-21,24,52-57H2,1H3,(H,58,59)/t30-,31?,34?,35+,36-,37?,38?,39?,40-,41-,42-,43?,44+,45-,46+,47-,49-,50-,51?/m1/s1. The normalized spacial score (nSPS) is 35.3. The zero-order valence-electron chi connectivity index (χ0n) is 44.6. The van der Waals surface area contributed by atoms with Gasteiger partial charge in [-0.05, 0) is 81.6 Å². The van der Waals surface area contributed by atoms with Gasteiger partial charge < -0.3 is 113 Å². The van der Waals surface area contributed by atoms with Gasteiger partial charge >= 0.3 is 0 Å². The first-order chi connectivity index (χ1) is 38.5. The monoisotopic (exact) mass is 1120 g/mol. The van der Waals surface area contributed by atoms with Crippen LogP contribution in [0, 0.1) is 0 Å². The highest BCUT2D eigenvalue weighted by atomic mass is 16.8. The summed E-state index contributed by atoms with van der Waals surface area (Å²) in [6.07, 6.45) is -13.6. The van der Waals surface area contributed by atoms with E-state index in [0.717, 1.165) is 72.9 Å². The van der Waals surface area contributed by atoms with E-state index in [1.165, 1.54) is 10.4 Å². The summed E-state index contributed by atoms with van der Waals surface area (Å²) in [4.78, 5) is 13.1. The number of hydrogen-bond donors (Lipinski definition) is 13. The Morgan fingerprint density at radius 2 is 1.23 bits per heavy atom. The molecule has 80 heavy (non-hydrogen) atoms. The number of aromatic nitrogens is 8. The lowest BCUT2D eigenvalue weighted by molar-refractivity contribution is -0.306. The van der Waals surface area contributed by atoms with Gasteiger partial charge in [-0.25, -0.2) is 14.3 Å². The highest BCUT2D eigenvalue weighted by Crippen LogP contribution is 2.35. The molecular weight excluding hydrogens is 1040 g/mol. The lowest BCUT2D eigenvalue weighted by Crippen LogP contribution is -2.68. The van der Waals surface area contributed by atoms with Crippen LogP contribution >= 0.6 is 0 Å². The molecule has 19 atom stereocenters. The average Bonchev–Trinajstić information content (AvgIpc) is 4.30. The van der Waals surface area contributed by atoms with E-state index in [-0.39, 0.29) is 26.1 Å². The Morgan fingerprint density at radius 1 is 0.637 bits per heavy atom. The van der Waals surface area contributed by atoms with E-state index in [0.29, 0.717) is 31.7 Å². The Hall–Kier alpha value is -4.97. The molecule has 5 aromatic rings. The minimum atomic E-state index is -1.62. The van der Waals surface area contributed by atoms with Crippen LogP contribution in [-0.2, 0) is 54.4 Å². The molecule has 5 fully saturated rings. The number of aliphatic hydroxyl groups excluding tert-OH is 6. The number of unbranched alkanes of at least 4 members (excludes halogenated alkanes) is 1. The summed E-state index contributed by atoms with van der Waals surface area (Å²) in [6, 6.07) is 9.95. The summed E-state index contributed by atoms with van der Waals surface area (Å²) in [5, 5.41) is 83.2. The minimum Gasteiger partial charge on any atom is -0.492 e. The summed E-state index contributed by atoms with van der Waals surface area (Å²) in [6.45, 7) is 4.61. The summed E-state index contributed by atoms with van der Waals surface area (Å²) in [7, 11) is 2.15. The second kappa shape index (κ2) is 25.7. The zero-order valence-corrected chi connectivity index (χ0v) is 44.6. The second-order valence-electron chi connectivity index (χ2n) is 21.6. The zero-order chi connectivity index (χ0) is 56.4. The molecule has 29 nitrogen and oxygen atoms in total. The molecule has 1 aliphatic carbocycles. The Bertz CT molecular complexity index is 2750. The summed E-state index contributed by atoms with van der Waals surface area (Å²) >= 11 is 0. The van der Waals surface area contributed by atoms with E-state index < -0.39 is 116 Å². The topological polar surface area (TPSA) is 439 Å². The molecule has 440 valence electrons. The van der Waals surface area contributed by atoms with E-state index in [1.807, 2.05) is 30.5 Å². The van der Waals surface area contributed by atoms with Gasteiger partial charge in [0, 0.05) is 75.0 Å². The number of piperazine rings is 1. The fraction of sp³-hybridized carbons (Fsp3) is 0.667. The van der Waals surface area contributed by atoms with Crippen molar-refractivity contribution in [1.29, 1.82) is 0 Å².